The number of allylic oxidation sites excluding steroid dienone is 9. The van der Waals surface area contributed by atoms with E-state index in [4.69, 9.17) is 14.2 Å². The number of amides is 1. The van der Waals surface area contributed by atoms with Crippen LogP contribution in [-0.4, -0.2) is 100 Å². The first kappa shape index (κ1) is 71.4. The average molecular weight is 1070 g/mol. The molecule has 442 valence electrons. The van der Waals surface area contributed by atoms with E-state index in [1.807, 2.05) is 6.08 Å². The van der Waals surface area contributed by atoms with Crippen molar-refractivity contribution in [3.05, 3.63) is 60.8 Å². The number of carbonyl (C=O) groups excluding carboxylic acids is 2. The highest BCUT2D eigenvalue weighted by atomic mass is 16.7. The number of carbonyl (C=O) groups is 2. The van der Waals surface area contributed by atoms with Gasteiger partial charge in [0.15, 0.2) is 6.29 Å². The van der Waals surface area contributed by atoms with Gasteiger partial charge in [-0.1, -0.05) is 229 Å². The third-order valence-corrected chi connectivity index (χ3v) is 14.6. The normalized spacial score (nSPS) is 19.1. The predicted octanol–water partition coefficient (Wildman–Crippen LogP) is 15.0. The Hall–Kier alpha value is -2.64. The van der Waals surface area contributed by atoms with Crippen LogP contribution in [0.4, 0.5) is 0 Å². The monoisotopic (exact) mass is 1070 g/mol. The van der Waals surface area contributed by atoms with Gasteiger partial charge in [0.25, 0.3) is 0 Å². The van der Waals surface area contributed by atoms with Crippen LogP contribution >= 0.6 is 0 Å². The third-order valence-electron chi connectivity index (χ3n) is 14.6. The molecule has 0 aliphatic carbocycles. The van der Waals surface area contributed by atoms with E-state index in [2.05, 4.69) is 67.8 Å². The van der Waals surface area contributed by atoms with Gasteiger partial charge >= 0.3 is 5.97 Å². The van der Waals surface area contributed by atoms with Gasteiger partial charge in [0.05, 0.1) is 32.0 Å². The summed E-state index contributed by atoms with van der Waals surface area (Å²) >= 11 is 0. The van der Waals surface area contributed by atoms with Crippen molar-refractivity contribution < 1.29 is 49.3 Å². The van der Waals surface area contributed by atoms with Crippen molar-refractivity contribution in [3.63, 3.8) is 0 Å². The Bertz CT molecular complexity index is 1450. The SMILES string of the molecule is CCCC/C=C\CCCCCCCC(=O)OCCCCCCCCCCC/C=C\C/C=C\CCCCCCCCCC(=O)NC(COC1OC(CO)C(O)C(O)C1O)C(O)/C=C/CC/C=C/CCCCCCCCCC. The molecular formula is C65H117NO10. The van der Waals surface area contributed by atoms with Crippen LogP contribution < -0.4 is 5.32 Å². The van der Waals surface area contributed by atoms with Gasteiger partial charge in [-0.25, -0.2) is 0 Å². The summed E-state index contributed by atoms with van der Waals surface area (Å²) in [4.78, 5) is 25.1. The molecule has 0 bridgehead atoms. The van der Waals surface area contributed by atoms with E-state index >= 15 is 0 Å². The summed E-state index contributed by atoms with van der Waals surface area (Å²) in [5.74, 6) is -0.220. The molecular weight excluding hydrogens is 955 g/mol. The van der Waals surface area contributed by atoms with Crippen molar-refractivity contribution >= 4 is 11.9 Å². The van der Waals surface area contributed by atoms with Gasteiger partial charge in [-0.15, -0.1) is 0 Å². The fraction of sp³-hybridized carbons (Fsp3) is 0.815. The van der Waals surface area contributed by atoms with E-state index < -0.39 is 49.5 Å². The molecule has 1 fully saturated rings. The van der Waals surface area contributed by atoms with Crippen LogP contribution in [0.3, 0.4) is 0 Å². The number of aliphatic hydroxyl groups excluding tert-OH is 5. The highest BCUT2D eigenvalue weighted by Crippen LogP contribution is 2.23. The van der Waals surface area contributed by atoms with Gasteiger partial charge in [0.1, 0.15) is 24.4 Å². The number of ether oxygens (including phenoxy) is 3. The first-order valence-electron chi connectivity index (χ1n) is 31.6. The Morgan fingerprint density at radius 1 is 0.487 bits per heavy atom. The van der Waals surface area contributed by atoms with Crippen molar-refractivity contribution in [2.24, 2.45) is 0 Å². The zero-order valence-corrected chi connectivity index (χ0v) is 48.7. The minimum absolute atomic E-state index is 0.0169. The van der Waals surface area contributed by atoms with E-state index in [0.29, 0.717) is 19.4 Å². The molecule has 1 heterocycles. The quantitative estimate of drug-likeness (QED) is 0.0195. The Labute approximate surface area is 465 Å². The standard InChI is InChI=1S/C65H117NO10/c1-3-5-7-9-11-13-15-16-28-32-35-39-43-47-51-58(68)57(56-75-65-64(73)63(72)62(71)59(55-67)76-65)66-60(69)52-48-44-40-36-33-29-26-24-22-20-18-17-19-21-23-25-27-30-34-38-42-46-50-54-74-61(70)53-49-45-41-37-31-14-12-10-8-6-4-2/h10,12,17,19-20,22,32,35,47,51,57-59,62-65,67-68,71-73H,3-9,11,13-16,18,21,23-31,33-34,36-46,48-50,52-56H2,1-2H3,(H,66,69)/b12-10-,19-17-,22-20-,35-32+,51-47+. The highest BCUT2D eigenvalue weighted by molar-refractivity contribution is 5.76. The van der Waals surface area contributed by atoms with Crippen LogP contribution in [-0.2, 0) is 23.8 Å². The van der Waals surface area contributed by atoms with Gasteiger partial charge in [0, 0.05) is 12.8 Å². The van der Waals surface area contributed by atoms with Crippen molar-refractivity contribution in [2.75, 3.05) is 19.8 Å². The first-order chi connectivity index (χ1) is 37.2. The van der Waals surface area contributed by atoms with Crippen molar-refractivity contribution in [3.8, 4) is 0 Å². The van der Waals surface area contributed by atoms with Gasteiger partial charge in [-0.2, -0.15) is 0 Å². The van der Waals surface area contributed by atoms with Crippen molar-refractivity contribution in [2.45, 2.75) is 320 Å². The van der Waals surface area contributed by atoms with Gasteiger partial charge in [0.2, 0.25) is 5.91 Å². The highest BCUT2D eigenvalue weighted by Gasteiger charge is 2.44. The molecule has 0 saturated carbocycles. The Balaban J connectivity index is 2.10. The summed E-state index contributed by atoms with van der Waals surface area (Å²) in [7, 11) is 0. The number of esters is 1. The molecule has 6 N–H and O–H groups in total. The Morgan fingerprint density at radius 3 is 1.42 bits per heavy atom. The van der Waals surface area contributed by atoms with Crippen LogP contribution in [0.25, 0.3) is 0 Å². The summed E-state index contributed by atoms with van der Waals surface area (Å²) in [5.41, 5.74) is 0. The van der Waals surface area contributed by atoms with Crippen LogP contribution in [0.5, 0.6) is 0 Å². The molecule has 1 amide bonds. The molecule has 1 aliphatic rings. The van der Waals surface area contributed by atoms with Crippen LogP contribution in [0.2, 0.25) is 0 Å². The summed E-state index contributed by atoms with van der Waals surface area (Å²) in [5, 5.41) is 54.4. The minimum atomic E-state index is -1.58. The van der Waals surface area contributed by atoms with E-state index in [9.17, 15) is 35.1 Å². The number of nitrogens with one attached hydrogen (secondary N) is 1. The van der Waals surface area contributed by atoms with E-state index in [1.54, 1.807) is 6.08 Å². The molecule has 7 atom stereocenters. The average Bonchev–Trinajstić information content (AvgIpc) is 3.42. The molecule has 0 aromatic heterocycles. The van der Waals surface area contributed by atoms with Crippen molar-refractivity contribution in [1.29, 1.82) is 0 Å². The zero-order chi connectivity index (χ0) is 55.2. The van der Waals surface area contributed by atoms with Gasteiger partial charge in [-0.3, -0.25) is 9.59 Å². The molecule has 0 aromatic rings. The molecule has 1 rings (SSSR count). The topological polar surface area (TPSA) is 175 Å². The molecule has 11 heteroatoms. The number of hydrogen-bond donors (Lipinski definition) is 6. The number of unbranched alkanes of at least 4 members (excludes halogenated alkanes) is 32. The fourth-order valence-electron chi connectivity index (χ4n) is 9.52. The number of aliphatic hydroxyl groups is 5. The second-order valence-electron chi connectivity index (χ2n) is 21.7. The predicted molar refractivity (Wildman–Crippen MR) is 315 cm³/mol. The second kappa shape index (κ2) is 54.3. The molecule has 7 unspecified atom stereocenters. The van der Waals surface area contributed by atoms with Gasteiger partial charge < -0.3 is 45.1 Å². The minimum Gasteiger partial charge on any atom is -0.466 e. The first-order valence-corrected chi connectivity index (χ1v) is 31.6. The lowest BCUT2D eigenvalue weighted by Crippen LogP contribution is -2.60. The number of rotatable bonds is 54. The molecule has 0 aromatic carbocycles. The molecule has 1 aliphatic heterocycles. The zero-order valence-electron chi connectivity index (χ0n) is 48.7. The molecule has 0 spiro atoms. The lowest BCUT2D eigenvalue weighted by molar-refractivity contribution is -0.302. The van der Waals surface area contributed by atoms with Gasteiger partial charge in [-0.05, 0) is 96.3 Å². The van der Waals surface area contributed by atoms with Crippen LogP contribution in [0.15, 0.2) is 60.8 Å². The third kappa shape index (κ3) is 43.3. The lowest BCUT2D eigenvalue weighted by Gasteiger charge is -2.40. The maximum Gasteiger partial charge on any atom is 0.305 e. The summed E-state index contributed by atoms with van der Waals surface area (Å²) in [6, 6.07) is -0.836. The summed E-state index contributed by atoms with van der Waals surface area (Å²) < 4.78 is 16.7. The molecule has 76 heavy (non-hydrogen) atoms. The maximum atomic E-state index is 13.0. The van der Waals surface area contributed by atoms with E-state index in [1.165, 1.54) is 161 Å². The molecule has 1 saturated heterocycles. The smallest absolute Gasteiger partial charge is 0.305 e. The Kier molecular flexibility index (Phi) is 51.0. The number of hydrogen-bond acceptors (Lipinski definition) is 10. The maximum absolute atomic E-state index is 13.0. The molecule has 11 nitrogen and oxygen atoms in total. The second-order valence-corrected chi connectivity index (χ2v) is 21.7. The summed E-state index contributed by atoms with van der Waals surface area (Å²) in [6.45, 7) is 4.27. The van der Waals surface area contributed by atoms with Crippen LogP contribution in [0.1, 0.15) is 277 Å². The lowest BCUT2D eigenvalue weighted by atomic mass is 9.99. The summed E-state index contributed by atoms with van der Waals surface area (Å²) in [6.07, 6.45) is 60.3. The van der Waals surface area contributed by atoms with E-state index in [0.717, 1.165) is 89.9 Å². The Morgan fingerprint density at radius 2 is 0.908 bits per heavy atom. The molecule has 0 radical (unpaired) electrons. The largest absolute Gasteiger partial charge is 0.466 e. The van der Waals surface area contributed by atoms with E-state index in [-0.39, 0.29) is 18.5 Å². The van der Waals surface area contributed by atoms with Crippen molar-refractivity contribution in [1.82, 2.24) is 5.32 Å². The van der Waals surface area contributed by atoms with Crippen LogP contribution in [0, 0.1) is 0 Å². The fourth-order valence-corrected chi connectivity index (χ4v) is 9.52.